The van der Waals surface area contributed by atoms with E-state index < -0.39 is 0 Å². The molecule has 0 aromatic carbocycles. The van der Waals surface area contributed by atoms with Gasteiger partial charge in [-0.25, -0.2) is 0 Å². The van der Waals surface area contributed by atoms with Gasteiger partial charge in [0.2, 0.25) is 0 Å². The summed E-state index contributed by atoms with van der Waals surface area (Å²) in [7, 11) is 0. The van der Waals surface area contributed by atoms with E-state index in [1.807, 2.05) is 20.8 Å². The second-order valence-electron chi connectivity index (χ2n) is 3.23. The molecule has 0 aromatic rings. The summed E-state index contributed by atoms with van der Waals surface area (Å²) in [5.74, 6) is 0. The molecule has 72 valence electrons. The number of hydrogen-bond donors (Lipinski definition) is 1. The van der Waals surface area contributed by atoms with Crippen LogP contribution >= 0.6 is 0 Å². The van der Waals surface area contributed by atoms with Gasteiger partial charge in [-0.1, -0.05) is 38.8 Å². The Morgan fingerprint density at radius 1 is 1.25 bits per heavy atom. The second kappa shape index (κ2) is 6.24. The molecular formula is C11H22O. The fraction of sp³-hybridized carbons (Fsp3) is 0.818. The van der Waals surface area contributed by atoms with Crippen LogP contribution in [0.3, 0.4) is 0 Å². The van der Waals surface area contributed by atoms with Crippen molar-refractivity contribution in [2.75, 3.05) is 6.61 Å². The van der Waals surface area contributed by atoms with Crippen molar-refractivity contribution in [2.45, 2.75) is 46.5 Å². The molecule has 1 saturated carbocycles. The SMILES string of the molecule is C/C=C/C1(CO)CCCC1.CC. The zero-order valence-corrected chi connectivity index (χ0v) is 8.64. The lowest BCUT2D eigenvalue weighted by molar-refractivity contribution is 0.174. The number of rotatable bonds is 2. The van der Waals surface area contributed by atoms with Crippen LogP contribution in [0.2, 0.25) is 0 Å². The fourth-order valence-electron chi connectivity index (χ4n) is 1.81. The Hall–Kier alpha value is -0.300. The average molecular weight is 170 g/mol. The van der Waals surface area contributed by atoms with Crippen molar-refractivity contribution in [3.63, 3.8) is 0 Å². The van der Waals surface area contributed by atoms with Crippen LogP contribution in [0, 0.1) is 5.41 Å². The number of allylic oxidation sites excluding steroid dienone is 1. The quantitative estimate of drug-likeness (QED) is 0.631. The van der Waals surface area contributed by atoms with Gasteiger partial charge in [-0.15, -0.1) is 0 Å². The molecule has 0 radical (unpaired) electrons. The first-order valence-electron chi connectivity index (χ1n) is 5.08. The summed E-state index contributed by atoms with van der Waals surface area (Å²) in [5.41, 5.74) is 0.161. The predicted octanol–water partition coefficient (Wildman–Crippen LogP) is 3.14. The monoisotopic (exact) mass is 170 g/mol. The summed E-state index contributed by atoms with van der Waals surface area (Å²) in [4.78, 5) is 0. The third-order valence-electron chi connectivity index (χ3n) is 2.43. The molecule has 0 aliphatic heterocycles. The molecule has 12 heavy (non-hydrogen) atoms. The normalized spacial score (nSPS) is 20.7. The molecule has 1 aliphatic rings. The first kappa shape index (κ1) is 11.7. The molecule has 0 spiro atoms. The minimum absolute atomic E-state index is 0.161. The van der Waals surface area contributed by atoms with Gasteiger partial charge in [0.25, 0.3) is 0 Å². The van der Waals surface area contributed by atoms with Gasteiger partial charge in [0, 0.05) is 5.41 Å². The molecular weight excluding hydrogens is 148 g/mol. The highest BCUT2D eigenvalue weighted by atomic mass is 16.3. The maximum absolute atomic E-state index is 9.10. The molecule has 1 N–H and O–H groups in total. The minimum Gasteiger partial charge on any atom is -0.395 e. The highest BCUT2D eigenvalue weighted by Crippen LogP contribution is 2.38. The van der Waals surface area contributed by atoms with Crippen molar-refractivity contribution in [3.05, 3.63) is 12.2 Å². The molecule has 1 rings (SSSR count). The van der Waals surface area contributed by atoms with Crippen LogP contribution in [0.1, 0.15) is 46.5 Å². The van der Waals surface area contributed by atoms with Gasteiger partial charge in [-0.05, 0) is 19.8 Å². The molecule has 1 fully saturated rings. The lowest BCUT2D eigenvalue weighted by Gasteiger charge is -2.20. The highest BCUT2D eigenvalue weighted by molar-refractivity contribution is 5.00. The molecule has 0 aromatic heterocycles. The third-order valence-corrected chi connectivity index (χ3v) is 2.43. The maximum atomic E-state index is 9.10. The van der Waals surface area contributed by atoms with E-state index in [4.69, 9.17) is 5.11 Å². The first-order chi connectivity index (χ1) is 5.83. The Balaban J connectivity index is 0.000000561. The molecule has 0 saturated heterocycles. The summed E-state index contributed by atoms with van der Waals surface area (Å²) in [6, 6.07) is 0. The van der Waals surface area contributed by atoms with E-state index in [9.17, 15) is 0 Å². The summed E-state index contributed by atoms with van der Waals surface area (Å²) in [6.45, 7) is 6.35. The minimum atomic E-state index is 0.161. The molecule has 1 aliphatic carbocycles. The van der Waals surface area contributed by atoms with Crippen molar-refractivity contribution in [1.82, 2.24) is 0 Å². The van der Waals surface area contributed by atoms with Crippen molar-refractivity contribution in [1.29, 1.82) is 0 Å². The van der Waals surface area contributed by atoms with Gasteiger partial charge in [0.05, 0.1) is 6.61 Å². The standard InChI is InChI=1S/C9H16O.C2H6/c1-2-5-9(8-10)6-3-4-7-9;1-2/h2,5,10H,3-4,6-8H2,1H3;1-2H3/b5-2+;. The van der Waals surface area contributed by atoms with Gasteiger partial charge in [-0.3, -0.25) is 0 Å². The zero-order chi connectivity index (χ0) is 9.45. The van der Waals surface area contributed by atoms with E-state index in [2.05, 4.69) is 12.2 Å². The molecule has 0 amide bonds. The number of hydrogen-bond acceptors (Lipinski definition) is 1. The van der Waals surface area contributed by atoms with Crippen LogP contribution < -0.4 is 0 Å². The van der Waals surface area contributed by atoms with Gasteiger partial charge in [0.15, 0.2) is 0 Å². The van der Waals surface area contributed by atoms with Crippen molar-refractivity contribution in [3.8, 4) is 0 Å². The number of aliphatic hydroxyl groups is 1. The molecule has 0 bridgehead atoms. The van der Waals surface area contributed by atoms with Crippen LogP contribution in [-0.2, 0) is 0 Å². The molecule has 1 heteroatoms. The lowest BCUT2D eigenvalue weighted by atomic mass is 9.87. The van der Waals surface area contributed by atoms with Crippen LogP contribution in [0.4, 0.5) is 0 Å². The van der Waals surface area contributed by atoms with Crippen molar-refractivity contribution < 1.29 is 5.11 Å². The van der Waals surface area contributed by atoms with Gasteiger partial charge in [-0.2, -0.15) is 0 Å². The van der Waals surface area contributed by atoms with E-state index in [-0.39, 0.29) is 5.41 Å². The van der Waals surface area contributed by atoms with Gasteiger partial charge >= 0.3 is 0 Å². The zero-order valence-electron chi connectivity index (χ0n) is 8.64. The van der Waals surface area contributed by atoms with E-state index in [0.29, 0.717) is 6.61 Å². The van der Waals surface area contributed by atoms with Crippen LogP contribution in [-0.4, -0.2) is 11.7 Å². The Bertz CT molecular complexity index is 121. The molecule has 0 unspecified atom stereocenters. The Kier molecular flexibility index (Phi) is 6.09. The smallest absolute Gasteiger partial charge is 0.0521 e. The van der Waals surface area contributed by atoms with Gasteiger partial charge < -0.3 is 5.11 Å². The maximum Gasteiger partial charge on any atom is 0.0521 e. The molecule has 1 nitrogen and oxygen atoms in total. The molecule has 0 atom stereocenters. The summed E-state index contributed by atoms with van der Waals surface area (Å²) >= 11 is 0. The van der Waals surface area contributed by atoms with Crippen LogP contribution in [0.15, 0.2) is 12.2 Å². The van der Waals surface area contributed by atoms with E-state index >= 15 is 0 Å². The Morgan fingerprint density at radius 3 is 2.08 bits per heavy atom. The number of aliphatic hydroxyl groups excluding tert-OH is 1. The average Bonchev–Trinajstić information content (AvgIpc) is 2.58. The topological polar surface area (TPSA) is 20.2 Å². The summed E-state index contributed by atoms with van der Waals surface area (Å²) < 4.78 is 0. The van der Waals surface area contributed by atoms with Crippen LogP contribution in [0.5, 0.6) is 0 Å². The van der Waals surface area contributed by atoms with Crippen molar-refractivity contribution in [2.24, 2.45) is 5.41 Å². The Morgan fingerprint density at radius 2 is 1.75 bits per heavy atom. The molecule has 0 heterocycles. The third kappa shape index (κ3) is 2.98. The summed E-state index contributed by atoms with van der Waals surface area (Å²) in [5, 5.41) is 9.10. The van der Waals surface area contributed by atoms with E-state index in [1.54, 1.807) is 0 Å². The van der Waals surface area contributed by atoms with Crippen molar-refractivity contribution >= 4 is 0 Å². The largest absolute Gasteiger partial charge is 0.395 e. The highest BCUT2D eigenvalue weighted by Gasteiger charge is 2.29. The van der Waals surface area contributed by atoms with Crippen LogP contribution in [0.25, 0.3) is 0 Å². The van der Waals surface area contributed by atoms with Gasteiger partial charge in [0.1, 0.15) is 0 Å². The first-order valence-corrected chi connectivity index (χ1v) is 5.08. The Labute approximate surface area is 76.5 Å². The lowest BCUT2D eigenvalue weighted by Crippen LogP contribution is -2.17. The van der Waals surface area contributed by atoms with E-state index in [0.717, 1.165) is 0 Å². The van der Waals surface area contributed by atoms with E-state index in [1.165, 1.54) is 25.7 Å². The predicted molar refractivity (Wildman–Crippen MR) is 54.1 cm³/mol. The summed E-state index contributed by atoms with van der Waals surface area (Å²) in [6.07, 6.45) is 9.14. The second-order valence-corrected chi connectivity index (χ2v) is 3.23. The fourth-order valence-corrected chi connectivity index (χ4v) is 1.81.